The third kappa shape index (κ3) is 2.28. The molecule has 0 aliphatic heterocycles. The summed E-state index contributed by atoms with van der Waals surface area (Å²) in [6.07, 6.45) is 0. The van der Waals surface area contributed by atoms with Gasteiger partial charge in [0.25, 0.3) is 11.2 Å². The molecule has 9 nitrogen and oxygen atoms in total. The van der Waals surface area contributed by atoms with E-state index in [9.17, 15) is 29.6 Å². The van der Waals surface area contributed by atoms with Gasteiger partial charge in [0.2, 0.25) is 11.7 Å². The van der Waals surface area contributed by atoms with Crippen LogP contribution >= 0.6 is 0 Å². The van der Waals surface area contributed by atoms with E-state index in [1.807, 2.05) is 0 Å². The van der Waals surface area contributed by atoms with E-state index in [0.29, 0.717) is 4.57 Å². The third-order valence-corrected chi connectivity index (χ3v) is 3.20. The molecule has 0 unspecified atom stereocenters. The molecule has 0 spiro atoms. The molecule has 22 heavy (non-hydrogen) atoms. The number of aromatic nitrogens is 2. The molecule has 0 amide bonds. The molecule has 1 aromatic carbocycles. The van der Waals surface area contributed by atoms with Gasteiger partial charge in [0, 0.05) is 31.8 Å². The first-order valence-corrected chi connectivity index (χ1v) is 6.03. The molecule has 0 saturated heterocycles. The Kier molecular flexibility index (Phi) is 3.64. The van der Waals surface area contributed by atoms with Crippen molar-refractivity contribution < 1.29 is 14.8 Å². The minimum atomic E-state index is -0.941. The minimum absolute atomic E-state index is 0.0170. The molecular weight excluding hydrogens is 294 g/mol. The first-order valence-electron chi connectivity index (χ1n) is 6.03. The van der Waals surface area contributed by atoms with E-state index in [2.05, 4.69) is 0 Å². The quantitative estimate of drug-likeness (QED) is 0.481. The minimum Gasteiger partial charge on any atom is -0.494 e. The summed E-state index contributed by atoms with van der Waals surface area (Å²) in [5, 5.41) is 20.5. The van der Waals surface area contributed by atoms with Crippen LogP contribution in [0.2, 0.25) is 0 Å². The van der Waals surface area contributed by atoms with Crippen molar-refractivity contribution in [1.82, 2.24) is 9.13 Å². The van der Waals surface area contributed by atoms with E-state index in [-0.39, 0.29) is 11.3 Å². The van der Waals surface area contributed by atoms with Crippen LogP contribution < -0.4 is 11.2 Å². The second-order valence-electron chi connectivity index (χ2n) is 4.54. The van der Waals surface area contributed by atoms with Crippen LogP contribution in [0.4, 0.5) is 5.69 Å². The molecule has 0 saturated carbocycles. The number of hydrogen-bond donors (Lipinski definition) is 1. The van der Waals surface area contributed by atoms with Crippen molar-refractivity contribution >= 4 is 11.5 Å². The van der Waals surface area contributed by atoms with E-state index in [1.54, 1.807) is 0 Å². The Morgan fingerprint density at radius 1 is 1.14 bits per heavy atom. The largest absolute Gasteiger partial charge is 0.494 e. The number of ketones is 1. The average molecular weight is 305 g/mol. The summed E-state index contributed by atoms with van der Waals surface area (Å²) in [6.45, 7) is 0. The van der Waals surface area contributed by atoms with Gasteiger partial charge in [-0.15, -0.1) is 0 Å². The first-order chi connectivity index (χ1) is 10.3. The van der Waals surface area contributed by atoms with Gasteiger partial charge in [-0.1, -0.05) is 0 Å². The van der Waals surface area contributed by atoms with Crippen molar-refractivity contribution in [2.75, 3.05) is 0 Å². The Morgan fingerprint density at radius 2 is 1.68 bits per heavy atom. The van der Waals surface area contributed by atoms with Crippen LogP contribution in [0.5, 0.6) is 5.88 Å². The fraction of sp³-hybridized carbons (Fsp3) is 0.154. The third-order valence-electron chi connectivity index (χ3n) is 3.20. The normalized spacial score (nSPS) is 10.5. The summed E-state index contributed by atoms with van der Waals surface area (Å²) in [7, 11) is 2.39. The van der Waals surface area contributed by atoms with Crippen molar-refractivity contribution in [3.63, 3.8) is 0 Å². The van der Waals surface area contributed by atoms with Gasteiger partial charge in [-0.05, 0) is 12.1 Å². The van der Waals surface area contributed by atoms with Crippen molar-refractivity contribution in [3.8, 4) is 5.88 Å². The van der Waals surface area contributed by atoms with Gasteiger partial charge in [-0.2, -0.15) is 0 Å². The second-order valence-corrected chi connectivity index (χ2v) is 4.54. The number of rotatable bonds is 3. The number of nitro groups is 1. The Morgan fingerprint density at radius 3 is 2.18 bits per heavy atom. The highest BCUT2D eigenvalue weighted by Crippen LogP contribution is 2.17. The predicted octanol–water partition coefficient (Wildman–Crippen LogP) is -0.0712. The molecule has 0 radical (unpaired) electrons. The molecule has 9 heteroatoms. The van der Waals surface area contributed by atoms with Crippen molar-refractivity contribution in [2.45, 2.75) is 0 Å². The zero-order chi connectivity index (χ0) is 16.6. The molecular formula is C13H11N3O6. The molecule has 1 N–H and O–H groups in total. The summed E-state index contributed by atoms with van der Waals surface area (Å²) in [4.78, 5) is 45.9. The Bertz CT molecular complexity index is 892. The zero-order valence-corrected chi connectivity index (χ0v) is 11.6. The van der Waals surface area contributed by atoms with Crippen LogP contribution in [0.1, 0.15) is 15.9 Å². The van der Waals surface area contributed by atoms with Crippen LogP contribution in [-0.4, -0.2) is 24.9 Å². The number of carbonyl (C=O) groups is 1. The molecule has 2 rings (SSSR count). The highest BCUT2D eigenvalue weighted by molar-refractivity contribution is 6.10. The molecule has 1 aromatic heterocycles. The highest BCUT2D eigenvalue weighted by atomic mass is 16.6. The average Bonchev–Trinajstić information content (AvgIpc) is 2.51. The van der Waals surface area contributed by atoms with E-state index in [4.69, 9.17) is 0 Å². The van der Waals surface area contributed by atoms with Gasteiger partial charge >= 0.3 is 5.69 Å². The van der Waals surface area contributed by atoms with Gasteiger partial charge in [-0.25, -0.2) is 4.79 Å². The summed E-state index contributed by atoms with van der Waals surface area (Å²) in [5.74, 6) is -1.58. The lowest BCUT2D eigenvalue weighted by molar-refractivity contribution is -0.384. The second kappa shape index (κ2) is 5.28. The summed E-state index contributed by atoms with van der Waals surface area (Å²) in [6, 6.07) is 4.56. The van der Waals surface area contributed by atoms with Gasteiger partial charge in [0.15, 0.2) is 0 Å². The highest BCUT2D eigenvalue weighted by Gasteiger charge is 2.23. The van der Waals surface area contributed by atoms with Crippen molar-refractivity contribution in [3.05, 3.63) is 66.3 Å². The molecule has 0 fully saturated rings. The smallest absolute Gasteiger partial charge is 0.333 e. The topological polar surface area (TPSA) is 124 Å². The monoisotopic (exact) mass is 305 g/mol. The van der Waals surface area contributed by atoms with Crippen LogP contribution in [0, 0.1) is 10.1 Å². The van der Waals surface area contributed by atoms with Gasteiger partial charge in [-0.3, -0.25) is 28.8 Å². The first kappa shape index (κ1) is 15.2. The Labute approximate surface area is 122 Å². The van der Waals surface area contributed by atoms with E-state index < -0.39 is 33.4 Å². The predicted molar refractivity (Wildman–Crippen MR) is 75.1 cm³/mol. The maximum atomic E-state index is 12.3. The van der Waals surface area contributed by atoms with Crippen LogP contribution in [0.3, 0.4) is 0 Å². The number of nitro benzene ring substituents is 1. The maximum absolute atomic E-state index is 12.3. The van der Waals surface area contributed by atoms with Crippen LogP contribution in [0.25, 0.3) is 0 Å². The standard InChI is InChI=1S/C13H11N3O6/c1-14-11(18)9(12(19)15(2)13(14)20)10(17)7-3-5-8(6-4-7)16(21)22/h3-6,18H,1-2H3. The van der Waals surface area contributed by atoms with Crippen molar-refractivity contribution in [2.24, 2.45) is 14.1 Å². The Balaban J connectivity index is 2.62. The van der Waals surface area contributed by atoms with Gasteiger partial charge in [0.05, 0.1) is 4.92 Å². The molecule has 0 aliphatic carbocycles. The number of aromatic hydroxyl groups is 1. The van der Waals surface area contributed by atoms with E-state index in [0.717, 1.165) is 16.7 Å². The lowest BCUT2D eigenvalue weighted by Crippen LogP contribution is -2.40. The molecule has 0 aliphatic rings. The number of hydrogen-bond acceptors (Lipinski definition) is 6. The number of nitrogens with zero attached hydrogens (tertiary/aromatic N) is 3. The lowest BCUT2D eigenvalue weighted by atomic mass is 10.0. The Hall–Kier alpha value is -3.23. The lowest BCUT2D eigenvalue weighted by Gasteiger charge is -2.09. The van der Waals surface area contributed by atoms with Crippen molar-refractivity contribution in [1.29, 1.82) is 0 Å². The SMILES string of the molecule is Cn1c(O)c(C(=O)c2ccc([N+](=O)[O-])cc2)c(=O)n(C)c1=O. The number of carbonyl (C=O) groups excluding carboxylic acids is 1. The number of non-ortho nitro benzene ring substituents is 1. The summed E-state index contributed by atoms with van der Waals surface area (Å²) in [5.41, 5.74) is -2.52. The van der Waals surface area contributed by atoms with E-state index in [1.165, 1.54) is 26.2 Å². The fourth-order valence-corrected chi connectivity index (χ4v) is 1.91. The van der Waals surface area contributed by atoms with Crippen LogP contribution in [0.15, 0.2) is 33.9 Å². The van der Waals surface area contributed by atoms with Crippen LogP contribution in [-0.2, 0) is 14.1 Å². The maximum Gasteiger partial charge on any atom is 0.333 e. The van der Waals surface area contributed by atoms with E-state index >= 15 is 0 Å². The van der Waals surface area contributed by atoms with Gasteiger partial charge in [0.1, 0.15) is 5.56 Å². The molecule has 1 heterocycles. The molecule has 0 bridgehead atoms. The number of benzene rings is 1. The van der Waals surface area contributed by atoms with Gasteiger partial charge < -0.3 is 5.11 Å². The summed E-state index contributed by atoms with van der Waals surface area (Å²) >= 11 is 0. The summed E-state index contributed by atoms with van der Waals surface area (Å²) < 4.78 is 1.46. The zero-order valence-electron chi connectivity index (χ0n) is 11.6. The molecule has 114 valence electrons. The molecule has 0 atom stereocenters. The molecule has 2 aromatic rings. The fourth-order valence-electron chi connectivity index (χ4n) is 1.91.